The maximum atomic E-state index is 11.4. The van der Waals surface area contributed by atoms with Crippen LogP contribution in [0.2, 0.25) is 0 Å². The van der Waals surface area contributed by atoms with Gasteiger partial charge in [-0.05, 0) is 0 Å². The number of carboxylic acid groups (broad SMARTS) is 2. The zero-order chi connectivity index (χ0) is 14.3. The van der Waals surface area contributed by atoms with Crippen LogP contribution in [0.5, 0.6) is 0 Å². The van der Waals surface area contributed by atoms with E-state index in [0.29, 0.717) is 0 Å². The van der Waals surface area contributed by atoms with Crippen molar-refractivity contribution in [1.82, 2.24) is 0 Å². The number of rotatable bonds is 7. The van der Waals surface area contributed by atoms with Crippen LogP contribution >= 0.6 is 0 Å². The topological polar surface area (TPSA) is 127 Å². The summed E-state index contributed by atoms with van der Waals surface area (Å²) in [6, 6.07) is 0. The second kappa shape index (κ2) is 7.25. The van der Waals surface area contributed by atoms with Crippen molar-refractivity contribution >= 4 is 23.9 Å². The van der Waals surface area contributed by atoms with Crippen LogP contribution in [0.15, 0.2) is 0 Å². The van der Waals surface area contributed by atoms with E-state index in [4.69, 9.17) is 10.2 Å². The molecule has 8 nitrogen and oxygen atoms in total. The molecular weight excluding hydrogens is 248 g/mol. The third kappa shape index (κ3) is 4.81. The van der Waals surface area contributed by atoms with E-state index in [0.717, 1.165) is 14.2 Å². The van der Waals surface area contributed by atoms with E-state index in [-0.39, 0.29) is 0 Å². The Morgan fingerprint density at radius 2 is 1.11 bits per heavy atom. The van der Waals surface area contributed by atoms with Crippen LogP contribution in [0, 0.1) is 11.8 Å². The number of hydrogen-bond donors (Lipinski definition) is 2. The van der Waals surface area contributed by atoms with Gasteiger partial charge >= 0.3 is 23.9 Å². The molecule has 0 aliphatic carbocycles. The first-order valence-electron chi connectivity index (χ1n) is 4.92. The molecule has 0 aromatic rings. The second-order valence-electron chi connectivity index (χ2n) is 3.46. The SMILES string of the molecule is COC(=O)C(CC(=O)O)[C@@H](CC(=O)O)C(=O)OC. The standard InChI is InChI=1S/C10H14O8/c1-17-9(15)5(3-7(11)12)6(4-8(13)14)10(16)18-2/h5-6H,3-4H2,1-2H3,(H,11,12)(H,13,14)/t5-,6?/m1/s1. The summed E-state index contributed by atoms with van der Waals surface area (Å²) < 4.78 is 8.73. The Kier molecular flexibility index (Phi) is 6.40. The van der Waals surface area contributed by atoms with Gasteiger partial charge in [-0.25, -0.2) is 0 Å². The molecule has 0 saturated carbocycles. The molecule has 0 heterocycles. The third-order valence-electron chi connectivity index (χ3n) is 2.28. The predicted molar refractivity (Wildman–Crippen MR) is 55.5 cm³/mol. The van der Waals surface area contributed by atoms with Crippen molar-refractivity contribution in [2.24, 2.45) is 11.8 Å². The Hall–Kier alpha value is -2.12. The van der Waals surface area contributed by atoms with E-state index in [9.17, 15) is 19.2 Å². The summed E-state index contributed by atoms with van der Waals surface area (Å²) in [5.41, 5.74) is 0. The Bertz CT molecular complexity index is 314. The molecule has 0 aromatic carbocycles. The molecule has 1 unspecified atom stereocenters. The number of carbonyl (C=O) groups excluding carboxylic acids is 2. The lowest BCUT2D eigenvalue weighted by molar-refractivity contribution is -0.163. The minimum Gasteiger partial charge on any atom is -0.481 e. The molecule has 2 N–H and O–H groups in total. The van der Waals surface area contributed by atoms with Crippen LogP contribution in [0.25, 0.3) is 0 Å². The molecule has 0 aliphatic heterocycles. The molecule has 2 atom stereocenters. The van der Waals surface area contributed by atoms with Crippen LogP contribution in [0.1, 0.15) is 12.8 Å². The maximum Gasteiger partial charge on any atom is 0.310 e. The summed E-state index contributed by atoms with van der Waals surface area (Å²) in [5, 5.41) is 17.3. The van der Waals surface area contributed by atoms with Crippen LogP contribution in [-0.2, 0) is 28.7 Å². The Morgan fingerprint density at radius 3 is 1.28 bits per heavy atom. The Balaban J connectivity index is 5.17. The first kappa shape index (κ1) is 15.9. The molecule has 0 spiro atoms. The van der Waals surface area contributed by atoms with E-state index < -0.39 is 48.6 Å². The number of methoxy groups -OCH3 is 2. The summed E-state index contributed by atoms with van der Waals surface area (Å²) in [7, 11) is 2.04. The fourth-order valence-electron chi connectivity index (χ4n) is 1.46. The van der Waals surface area contributed by atoms with Gasteiger partial charge in [0.1, 0.15) is 0 Å². The number of ether oxygens (including phenoxy) is 2. The lowest BCUT2D eigenvalue weighted by atomic mass is 9.87. The van der Waals surface area contributed by atoms with Gasteiger partial charge in [0.25, 0.3) is 0 Å². The van der Waals surface area contributed by atoms with Gasteiger partial charge in [0.2, 0.25) is 0 Å². The van der Waals surface area contributed by atoms with Crippen molar-refractivity contribution < 1.29 is 38.9 Å². The highest BCUT2D eigenvalue weighted by Gasteiger charge is 2.38. The minimum atomic E-state index is -1.39. The number of hydrogen-bond acceptors (Lipinski definition) is 6. The molecule has 8 heteroatoms. The van der Waals surface area contributed by atoms with Gasteiger partial charge in [0.15, 0.2) is 0 Å². The average molecular weight is 262 g/mol. The summed E-state index contributed by atoms with van der Waals surface area (Å²) in [6.45, 7) is 0. The molecule has 0 saturated heterocycles. The Labute approximate surface area is 102 Å². The summed E-state index contributed by atoms with van der Waals surface area (Å²) in [6.07, 6.45) is -1.42. The van der Waals surface area contributed by atoms with Gasteiger partial charge in [0, 0.05) is 0 Å². The molecule has 0 aliphatic rings. The van der Waals surface area contributed by atoms with Gasteiger partial charge in [0.05, 0.1) is 38.9 Å². The first-order chi connectivity index (χ1) is 8.33. The highest BCUT2D eigenvalue weighted by Crippen LogP contribution is 2.23. The summed E-state index contributed by atoms with van der Waals surface area (Å²) >= 11 is 0. The van der Waals surface area contributed by atoms with E-state index in [1.165, 1.54) is 0 Å². The second-order valence-corrected chi connectivity index (χ2v) is 3.46. The smallest absolute Gasteiger partial charge is 0.310 e. The number of carbonyl (C=O) groups is 4. The monoisotopic (exact) mass is 262 g/mol. The van der Waals surface area contributed by atoms with Crippen molar-refractivity contribution in [3.8, 4) is 0 Å². The summed E-state index contributed by atoms with van der Waals surface area (Å²) in [4.78, 5) is 44.1. The van der Waals surface area contributed by atoms with Crippen LogP contribution in [-0.4, -0.2) is 48.3 Å². The molecule has 102 valence electrons. The normalized spacial score (nSPS) is 13.2. The fraction of sp³-hybridized carbons (Fsp3) is 0.600. The van der Waals surface area contributed by atoms with Gasteiger partial charge in [-0.15, -0.1) is 0 Å². The molecule has 0 rings (SSSR count). The number of esters is 2. The first-order valence-corrected chi connectivity index (χ1v) is 4.92. The maximum absolute atomic E-state index is 11.4. The quantitative estimate of drug-likeness (QED) is 0.588. The lowest BCUT2D eigenvalue weighted by Crippen LogP contribution is -2.35. The van der Waals surface area contributed by atoms with Crippen molar-refractivity contribution in [1.29, 1.82) is 0 Å². The molecule has 0 amide bonds. The average Bonchev–Trinajstić information content (AvgIpc) is 2.30. The van der Waals surface area contributed by atoms with Crippen molar-refractivity contribution in [2.45, 2.75) is 12.8 Å². The molecule has 18 heavy (non-hydrogen) atoms. The van der Waals surface area contributed by atoms with E-state index in [1.54, 1.807) is 0 Å². The van der Waals surface area contributed by atoms with E-state index in [1.807, 2.05) is 0 Å². The van der Waals surface area contributed by atoms with E-state index in [2.05, 4.69) is 9.47 Å². The zero-order valence-corrected chi connectivity index (χ0v) is 9.91. The third-order valence-corrected chi connectivity index (χ3v) is 2.28. The van der Waals surface area contributed by atoms with Gasteiger partial charge in [-0.3, -0.25) is 19.2 Å². The highest BCUT2D eigenvalue weighted by atomic mass is 16.5. The van der Waals surface area contributed by atoms with Crippen LogP contribution in [0.3, 0.4) is 0 Å². The van der Waals surface area contributed by atoms with E-state index >= 15 is 0 Å². The van der Waals surface area contributed by atoms with Gasteiger partial charge in [-0.1, -0.05) is 0 Å². The van der Waals surface area contributed by atoms with Gasteiger partial charge in [-0.2, -0.15) is 0 Å². The molecule has 0 bridgehead atoms. The fourth-order valence-corrected chi connectivity index (χ4v) is 1.46. The number of aliphatic carboxylic acids is 2. The van der Waals surface area contributed by atoms with Crippen molar-refractivity contribution in [3.63, 3.8) is 0 Å². The number of carboxylic acids is 2. The molecule has 0 fully saturated rings. The molecular formula is C10H14O8. The summed E-state index contributed by atoms with van der Waals surface area (Å²) in [5.74, 6) is -7.40. The largest absolute Gasteiger partial charge is 0.481 e. The lowest BCUT2D eigenvalue weighted by Gasteiger charge is -2.20. The Morgan fingerprint density at radius 1 is 0.833 bits per heavy atom. The molecule has 0 radical (unpaired) electrons. The zero-order valence-electron chi connectivity index (χ0n) is 9.91. The highest BCUT2D eigenvalue weighted by molar-refractivity contribution is 5.87. The predicted octanol–water partition coefficient (Wildman–Crippen LogP) is -0.486. The molecule has 0 aromatic heterocycles. The van der Waals surface area contributed by atoms with Crippen LogP contribution in [0.4, 0.5) is 0 Å². The minimum absolute atomic E-state index is 0.709. The van der Waals surface area contributed by atoms with Gasteiger partial charge < -0.3 is 19.7 Å². The van der Waals surface area contributed by atoms with Crippen molar-refractivity contribution in [3.05, 3.63) is 0 Å². The van der Waals surface area contributed by atoms with Crippen molar-refractivity contribution in [2.75, 3.05) is 14.2 Å². The van der Waals surface area contributed by atoms with Crippen LogP contribution < -0.4 is 0 Å².